The first-order valence-corrected chi connectivity index (χ1v) is 6.32. The third-order valence-corrected chi connectivity index (χ3v) is 2.44. The summed E-state index contributed by atoms with van der Waals surface area (Å²) < 4.78 is 9.72. The number of aliphatic hydroxyl groups is 1. The molecule has 6 nitrogen and oxygen atoms in total. The molecule has 18 heavy (non-hydrogen) atoms. The number of hydrogen-bond acceptors (Lipinski definition) is 6. The van der Waals surface area contributed by atoms with Gasteiger partial charge in [-0.25, -0.2) is 0 Å². The van der Waals surface area contributed by atoms with E-state index in [4.69, 9.17) is 9.47 Å². The first-order chi connectivity index (χ1) is 8.60. The number of aliphatic hydroxyl groups excluding tert-OH is 1. The van der Waals surface area contributed by atoms with Gasteiger partial charge in [0.2, 0.25) is 0 Å². The zero-order valence-electron chi connectivity index (χ0n) is 11.6. The smallest absolute Gasteiger partial charge is 0.308 e. The van der Waals surface area contributed by atoms with Crippen LogP contribution < -0.4 is 5.32 Å². The number of nitrogens with one attached hydrogen (secondary N) is 1. The zero-order chi connectivity index (χ0) is 13.8. The van der Waals surface area contributed by atoms with Gasteiger partial charge in [-0.2, -0.15) is 0 Å². The highest BCUT2D eigenvalue weighted by atomic mass is 16.5. The summed E-state index contributed by atoms with van der Waals surface area (Å²) in [5, 5.41) is 12.7. The van der Waals surface area contributed by atoms with E-state index >= 15 is 0 Å². The highest BCUT2D eigenvalue weighted by Gasteiger charge is 2.10. The Labute approximate surface area is 109 Å². The fraction of sp³-hybridized carbons (Fsp3) is 0.917. The SMILES string of the molecule is CCOC(=O)CC(O)CNCCN(C)CCOC. The molecule has 2 N–H and O–H groups in total. The van der Waals surface area contributed by atoms with Gasteiger partial charge in [-0.15, -0.1) is 0 Å². The van der Waals surface area contributed by atoms with Gasteiger partial charge in [0, 0.05) is 33.3 Å². The van der Waals surface area contributed by atoms with Gasteiger partial charge in [0.05, 0.1) is 25.7 Å². The summed E-state index contributed by atoms with van der Waals surface area (Å²) in [4.78, 5) is 13.2. The molecule has 108 valence electrons. The number of nitrogens with zero attached hydrogens (tertiary/aromatic N) is 1. The highest BCUT2D eigenvalue weighted by molar-refractivity contribution is 5.69. The van der Waals surface area contributed by atoms with Crippen molar-refractivity contribution in [2.45, 2.75) is 19.4 Å². The largest absolute Gasteiger partial charge is 0.466 e. The molecule has 0 rings (SSSR count). The molecule has 0 aromatic rings. The van der Waals surface area contributed by atoms with Crippen LogP contribution in [0.5, 0.6) is 0 Å². The Kier molecular flexibility index (Phi) is 11.0. The highest BCUT2D eigenvalue weighted by Crippen LogP contribution is 1.93. The van der Waals surface area contributed by atoms with Crippen LogP contribution in [0.2, 0.25) is 0 Å². The number of ether oxygens (including phenoxy) is 2. The number of esters is 1. The minimum atomic E-state index is -0.687. The Morgan fingerprint density at radius 1 is 1.44 bits per heavy atom. The summed E-state index contributed by atoms with van der Waals surface area (Å²) in [6, 6.07) is 0. The molecule has 0 saturated heterocycles. The maximum atomic E-state index is 11.1. The molecule has 0 aromatic carbocycles. The summed E-state index contributed by atoms with van der Waals surface area (Å²) in [5.74, 6) is -0.357. The van der Waals surface area contributed by atoms with E-state index in [9.17, 15) is 9.90 Å². The molecule has 1 atom stereocenters. The Bertz CT molecular complexity index is 214. The van der Waals surface area contributed by atoms with Crippen molar-refractivity contribution in [1.82, 2.24) is 10.2 Å². The van der Waals surface area contributed by atoms with E-state index in [2.05, 4.69) is 10.2 Å². The molecule has 0 saturated carbocycles. The molecule has 1 unspecified atom stereocenters. The first kappa shape index (κ1) is 17.3. The number of methoxy groups -OCH3 is 1. The Morgan fingerprint density at radius 2 is 2.17 bits per heavy atom. The van der Waals surface area contributed by atoms with Gasteiger partial charge in [0.25, 0.3) is 0 Å². The third kappa shape index (κ3) is 10.5. The van der Waals surface area contributed by atoms with Gasteiger partial charge in [-0.05, 0) is 14.0 Å². The van der Waals surface area contributed by atoms with E-state index in [0.29, 0.717) is 19.8 Å². The third-order valence-electron chi connectivity index (χ3n) is 2.44. The lowest BCUT2D eigenvalue weighted by Gasteiger charge is -2.17. The molecule has 0 aliphatic carbocycles. The zero-order valence-corrected chi connectivity index (χ0v) is 11.6. The minimum absolute atomic E-state index is 0.0420. The summed E-state index contributed by atoms with van der Waals surface area (Å²) in [7, 11) is 3.69. The minimum Gasteiger partial charge on any atom is -0.466 e. The quantitative estimate of drug-likeness (QED) is 0.385. The van der Waals surface area contributed by atoms with E-state index in [0.717, 1.165) is 19.6 Å². The Morgan fingerprint density at radius 3 is 2.78 bits per heavy atom. The van der Waals surface area contributed by atoms with Gasteiger partial charge >= 0.3 is 5.97 Å². The number of carbonyl (C=O) groups is 1. The van der Waals surface area contributed by atoms with Crippen molar-refractivity contribution in [2.75, 3.05) is 53.6 Å². The number of hydrogen-bond donors (Lipinski definition) is 2. The van der Waals surface area contributed by atoms with Crippen LogP contribution in [0.1, 0.15) is 13.3 Å². The molecule has 0 radical (unpaired) electrons. The van der Waals surface area contributed by atoms with Gasteiger partial charge in [0.15, 0.2) is 0 Å². The van der Waals surface area contributed by atoms with Gasteiger partial charge < -0.3 is 24.8 Å². The van der Waals surface area contributed by atoms with E-state index in [1.165, 1.54) is 0 Å². The lowest BCUT2D eigenvalue weighted by atomic mass is 10.2. The van der Waals surface area contributed by atoms with Gasteiger partial charge in [-0.1, -0.05) is 0 Å². The summed E-state index contributed by atoms with van der Waals surface area (Å²) in [6.07, 6.45) is -0.645. The van der Waals surface area contributed by atoms with Crippen LogP contribution in [-0.4, -0.2) is 75.6 Å². The molecule has 0 aromatic heterocycles. The first-order valence-electron chi connectivity index (χ1n) is 6.32. The van der Waals surface area contributed by atoms with Crippen LogP contribution in [-0.2, 0) is 14.3 Å². The molecule has 0 aliphatic heterocycles. The van der Waals surface area contributed by atoms with E-state index in [1.54, 1.807) is 14.0 Å². The number of likely N-dealkylation sites (N-methyl/N-ethyl adjacent to an activating group) is 1. The topological polar surface area (TPSA) is 71.0 Å². The van der Waals surface area contributed by atoms with E-state index in [-0.39, 0.29) is 12.4 Å². The number of carbonyl (C=O) groups excluding carboxylic acids is 1. The average molecular weight is 262 g/mol. The second-order valence-electron chi connectivity index (χ2n) is 4.16. The summed E-state index contributed by atoms with van der Waals surface area (Å²) in [6.45, 7) is 5.72. The van der Waals surface area contributed by atoms with Crippen LogP contribution in [0.4, 0.5) is 0 Å². The normalized spacial score (nSPS) is 12.7. The van der Waals surface area contributed by atoms with E-state index < -0.39 is 6.10 Å². The van der Waals surface area contributed by atoms with Crippen molar-refractivity contribution in [3.8, 4) is 0 Å². The maximum Gasteiger partial charge on any atom is 0.308 e. The molecule has 0 amide bonds. The predicted molar refractivity (Wildman–Crippen MR) is 69.5 cm³/mol. The molecule has 0 aliphatic rings. The molecule has 0 bridgehead atoms. The van der Waals surface area contributed by atoms with Crippen LogP contribution in [0.3, 0.4) is 0 Å². The molecule has 6 heteroatoms. The molecule has 0 heterocycles. The molecular formula is C12H26N2O4. The van der Waals surface area contributed by atoms with Crippen molar-refractivity contribution in [1.29, 1.82) is 0 Å². The van der Waals surface area contributed by atoms with Crippen LogP contribution in [0, 0.1) is 0 Å². The fourth-order valence-electron chi connectivity index (χ4n) is 1.38. The average Bonchev–Trinajstić information content (AvgIpc) is 2.32. The molecule has 0 spiro atoms. The second-order valence-corrected chi connectivity index (χ2v) is 4.16. The Hall–Kier alpha value is -0.690. The van der Waals surface area contributed by atoms with Crippen molar-refractivity contribution in [3.05, 3.63) is 0 Å². The molecule has 0 fully saturated rings. The van der Waals surface area contributed by atoms with Crippen LogP contribution >= 0.6 is 0 Å². The van der Waals surface area contributed by atoms with Crippen molar-refractivity contribution in [3.63, 3.8) is 0 Å². The van der Waals surface area contributed by atoms with Crippen LogP contribution in [0.25, 0.3) is 0 Å². The van der Waals surface area contributed by atoms with Crippen molar-refractivity contribution in [2.24, 2.45) is 0 Å². The second kappa shape index (κ2) is 11.4. The Balaban J connectivity index is 3.44. The lowest BCUT2D eigenvalue weighted by molar-refractivity contribution is -0.145. The predicted octanol–water partition coefficient (Wildman–Crippen LogP) is -0.532. The monoisotopic (exact) mass is 262 g/mol. The number of rotatable bonds is 11. The van der Waals surface area contributed by atoms with Crippen molar-refractivity contribution >= 4 is 5.97 Å². The summed E-state index contributed by atoms with van der Waals surface area (Å²) >= 11 is 0. The maximum absolute atomic E-state index is 11.1. The van der Waals surface area contributed by atoms with Gasteiger partial charge in [-0.3, -0.25) is 4.79 Å². The standard InChI is InChI=1S/C12H26N2O4/c1-4-18-12(16)9-11(15)10-13-5-6-14(2)7-8-17-3/h11,13,15H,4-10H2,1-3H3. The fourth-order valence-corrected chi connectivity index (χ4v) is 1.38. The summed E-state index contributed by atoms with van der Waals surface area (Å²) in [5.41, 5.74) is 0. The van der Waals surface area contributed by atoms with Gasteiger partial charge in [0.1, 0.15) is 0 Å². The van der Waals surface area contributed by atoms with Crippen LogP contribution in [0.15, 0.2) is 0 Å². The van der Waals surface area contributed by atoms with E-state index in [1.807, 2.05) is 7.05 Å². The lowest BCUT2D eigenvalue weighted by Crippen LogP contribution is -2.35. The van der Waals surface area contributed by atoms with Crippen molar-refractivity contribution < 1.29 is 19.4 Å². The molecular weight excluding hydrogens is 236 g/mol.